The molecular weight excluding hydrogens is 495 g/mol. The number of likely N-dealkylation sites (tertiary alicyclic amines) is 1. The van der Waals surface area contributed by atoms with E-state index in [0.29, 0.717) is 5.56 Å². The molecule has 38 heavy (non-hydrogen) atoms. The molecule has 0 radical (unpaired) electrons. The fourth-order valence-electron chi connectivity index (χ4n) is 4.49. The zero-order valence-electron chi connectivity index (χ0n) is 20.9. The van der Waals surface area contributed by atoms with Crippen molar-refractivity contribution in [3.05, 3.63) is 71.5 Å². The van der Waals surface area contributed by atoms with Crippen LogP contribution in [0.15, 0.2) is 48.9 Å². The van der Waals surface area contributed by atoms with Crippen molar-refractivity contribution in [1.82, 2.24) is 24.8 Å². The molecule has 3 aromatic heterocycles. The molecular formula is C27H26F3N7O. The number of halogens is 3. The lowest BCUT2D eigenvalue weighted by molar-refractivity contribution is -0.137. The van der Waals surface area contributed by atoms with Gasteiger partial charge in [0.1, 0.15) is 17.5 Å². The molecule has 11 heteroatoms. The number of hydrogen-bond acceptors (Lipinski definition) is 6. The summed E-state index contributed by atoms with van der Waals surface area (Å²) < 4.78 is 46.0. The molecule has 8 nitrogen and oxygen atoms in total. The average molecular weight is 522 g/mol. The van der Waals surface area contributed by atoms with Gasteiger partial charge in [-0.3, -0.25) is 0 Å². The van der Waals surface area contributed by atoms with E-state index in [-0.39, 0.29) is 40.5 Å². The molecule has 1 atom stereocenters. The van der Waals surface area contributed by atoms with Gasteiger partial charge in [-0.15, -0.1) is 0 Å². The van der Waals surface area contributed by atoms with Crippen LogP contribution in [0.25, 0.3) is 27.1 Å². The van der Waals surface area contributed by atoms with E-state index in [0.717, 1.165) is 49.5 Å². The maximum absolute atomic E-state index is 13.3. The molecule has 1 saturated heterocycles. The summed E-state index contributed by atoms with van der Waals surface area (Å²) in [6.07, 6.45) is 1.32. The fraction of sp³-hybridized carbons (Fsp3) is 0.333. The van der Waals surface area contributed by atoms with E-state index < -0.39 is 11.7 Å². The highest BCUT2D eigenvalue weighted by atomic mass is 19.4. The number of nitrogens with zero attached hydrogens (tertiary/aromatic N) is 5. The summed E-state index contributed by atoms with van der Waals surface area (Å²) in [4.78, 5) is 21.3. The SMILES string of the molecule is [C-]#[N+]c1cnc(N[C@H](C)c2ccc(OC3CCN(C)CC3)cc2)nc1-c1c[nH]c2ncc(C(F)(F)F)cc12. The van der Waals surface area contributed by atoms with Crippen LogP contribution in [0.1, 0.15) is 36.9 Å². The fourth-order valence-corrected chi connectivity index (χ4v) is 4.49. The molecule has 196 valence electrons. The largest absolute Gasteiger partial charge is 0.490 e. The van der Waals surface area contributed by atoms with Crippen LogP contribution in [0.3, 0.4) is 0 Å². The highest BCUT2D eigenvalue weighted by Crippen LogP contribution is 2.37. The number of hydrogen-bond donors (Lipinski definition) is 2. The Morgan fingerprint density at radius 3 is 2.58 bits per heavy atom. The van der Waals surface area contributed by atoms with Crippen molar-refractivity contribution in [2.24, 2.45) is 0 Å². The summed E-state index contributed by atoms with van der Waals surface area (Å²) in [5.41, 5.74) is 1.06. The van der Waals surface area contributed by atoms with Gasteiger partial charge in [-0.2, -0.15) is 13.2 Å². The third-order valence-corrected chi connectivity index (χ3v) is 6.70. The van der Waals surface area contributed by atoms with Crippen LogP contribution >= 0.6 is 0 Å². The molecule has 5 rings (SSSR count). The number of nitrogens with one attached hydrogen (secondary N) is 2. The second-order valence-electron chi connectivity index (χ2n) is 9.42. The lowest BCUT2D eigenvalue weighted by atomic mass is 10.1. The number of aromatic nitrogens is 4. The van der Waals surface area contributed by atoms with Crippen LogP contribution in [0.2, 0.25) is 0 Å². The lowest BCUT2D eigenvalue weighted by Gasteiger charge is -2.29. The molecule has 1 aliphatic heterocycles. The van der Waals surface area contributed by atoms with Crippen molar-refractivity contribution in [3.8, 4) is 17.0 Å². The van der Waals surface area contributed by atoms with Crippen LogP contribution in [0, 0.1) is 6.57 Å². The number of ether oxygens (including phenoxy) is 1. The van der Waals surface area contributed by atoms with Crippen LogP contribution in [0.5, 0.6) is 5.75 Å². The summed E-state index contributed by atoms with van der Waals surface area (Å²) in [5, 5.41) is 3.45. The molecule has 0 unspecified atom stereocenters. The van der Waals surface area contributed by atoms with Crippen molar-refractivity contribution in [1.29, 1.82) is 0 Å². The summed E-state index contributed by atoms with van der Waals surface area (Å²) >= 11 is 0. The number of H-pyrrole nitrogens is 1. The first-order chi connectivity index (χ1) is 18.2. The number of piperidine rings is 1. The topological polar surface area (TPSA) is 83.3 Å². The predicted octanol–water partition coefficient (Wildman–Crippen LogP) is 6.24. The molecule has 4 aromatic rings. The zero-order chi connectivity index (χ0) is 26.9. The zero-order valence-corrected chi connectivity index (χ0v) is 20.9. The first kappa shape index (κ1) is 25.5. The van der Waals surface area contributed by atoms with Crippen LogP contribution in [0.4, 0.5) is 24.8 Å². The Kier molecular flexibility index (Phi) is 6.91. The van der Waals surface area contributed by atoms with E-state index in [2.05, 4.69) is 42.0 Å². The van der Waals surface area contributed by atoms with E-state index in [1.54, 1.807) is 0 Å². The minimum atomic E-state index is -4.54. The van der Waals surface area contributed by atoms with Gasteiger partial charge in [0.05, 0.1) is 23.9 Å². The van der Waals surface area contributed by atoms with E-state index >= 15 is 0 Å². The normalized spacial score (nSPS) is 15.8. The number of alkyl halides is 3. The Balaban J connectivity index is 1.35. The van der Waals surface area contributed by atoms with Crippen molar-refractivity contribution in [2.45, 2.75) is 38.1 Å². The Morgan fingerprint density at radius 2 is 1.89 bits per heavy atom. The second-order valence-corrected chi connectivity index (χ2v) is 9.42. The maximum Gasteiger partial charge on any atom is 0.417 e. The predicted molar refractivity (Wildman–Crippen MR) is 138 cm³/mol. The minimum Gasteiger partial charge on any atom is -0.490 e. The van der Waals surface area contributed by atoms with Gasteiger partial charge < -0.3 is 19.9 Å². The molecule has 4 heterocycles. The number of benzene rings is 1. The number of aromatic amines is 1. The van der Waals surface area contributed by atoms with E-state index in [4.69, 9.17) is 11.3 Å². The van der Waals surface area contributed by atoms with Gasteiger partial charge in [0.2, 0.25) is 11.6 Å². The van der Waals surface area contributed by atoms with E-state index in [1.807, 2.05) is 31.2 Å². The number of anilines is 1. The van der Waals surface area contributed by atoms with Crippen molar-refractivity contribution < 1.29 is 17.9 Å². The van der Waals surface area contributed by atoms with Gasteiger partial charge in [0.25, 0.3) is 0 Å². The molecule has 2 N–H and O–H groups in total. The Hall–Kier alpha value is -4.17. The quantitative estimate of drug-likeness (QED) is 0.293. The highest BCUT2D eigenvalue weighted by molar-refractivity contribution is 5.96. The maximum atomic E-state index is 13.3. The standard InChI is InChI=1S/C27H26F3N7O/c1-16(17-4-6-19(7-5-17)38-20-8-10-37(3)11-9-20)35-26-34-15-23(31-2)24(36-26)22-14-33-25-21(22)12-18(13-32-25)27(28,29)30/h4-7,12-16,20H,8-11H2,1,3H3,(H,32,33)(H,34,35,36)/t16-/m1/s1. The van der Waals surface area contributed by atoms with Crippen molar-refractivity contribution in [2.75, 3.05) is 25.5 Å². The summed E-state index contributed by atoms with van der Waals surface area (Å²) in [6.45, 7) is 11.5. The molecule has 0 amide bonds. The molecule has 0 aliphatic carbocycles. The molecule has 0 saturated carbocycles. The Bertz CT molecular complexity index is 1470. The first-order valence-electron chi connectivity index (χ1n) is 12.2. The molecule has 0 spiro atoms. The highest BCUT2D eigenvalue weighted by Gasteiger charge is 2.31. The Labute approximate surface area is 217 Å². The summed E-state index contributed by atoms with van der Waals surface area (Å²) in [7, 11) is 2.11. The summed E-state index contributed by atoms with van der Waals surface area (Å²) in [6, 6.07) is 8.66. The molecule has 1 fully saturated rings. The second kappa shape index (κ2) is 10.3. The van der Waals surface area contributed by atoms with Crippen LogP contribution < -0.4 is 10.1 Å². The van der Waals surface area contributed by atoms with Crippen molar-refractivity contribution >= 4 is 22.7 Å². The third kappa shape index (κ3) is 5.40. The smallest absolute Gasteiger partial charge is 0.417 e. The number of rotatable bonds is 6. The first-order valence-corrected chi connectivity index (χ1v) is 12.2. The average Bonchev–Trinajstić information content (AvgIpc) is 3.33. The van der Waals surface area contributed by atoms with Gasteiger partial charge in [-0.25, -0.2) is 19.8 Å². The van der Waals surface area contributed by atoms with Crippen LogP contribution in [-0.2, 0) is 6.18 Å². The molecule has 1 aromatic carbocycles. The van der Waals surface area contributed by atoms with E-state index in [9.17, 15) is 13.2 Å². The van der Waals surface area contributed by atoms with Crippen LogP contribution in [-0.4, -0.2) is 51.1 Å². The van der Waals surface area contributed by atoms with Gasteiger partial charge in [-0.05, 0) is 50.6 Å². The van der Waals surface area contributed by atoms with Crippen molar-refractivity contribution in [3.63, 3.8) is 0 Å². The van der Waals surface area contributed by atoms with E-state index in [1.165, 1.54) is 12.4 Å². The monoisotopic (exact) mass is 521 g/mol. The molecule has 0 bridgehead atoms. The lowest BCUT2D eigenvalue weighted by Crippen LogP contribution is -2.35. The Morgan fingerprint density at radius 1 is 1.16 bits per heavy atom. The van der Waals surface area contributed by atoms with Gasteiger partial charge >= 0.3 is 6.18 Å². The minimum absolute atomic E-state index is 0.122. The van der Waals surface area contributed by atoms with Gasteiger partial charge in [-0.1, -0.05) is 12.1 Å². The number of fused-ring (bicyclic) bond motifs is 1. The number of pyridine rings is 1. The summed E-state index contributed by atoms with van der Waals surface area (Å²) in [5.74, 6) is 1.07. The third-order valence-electron chi connectivity index (χ3n) is 6.70. The molecule has 1 aliphatic rings. The van der Waals surface area contributed by atoms with Gasteiger partial charge in [0, 0.05) is 42.6 Å². The van der Waals surface area contributed by atoms with Gasteiger partial charge in [0.15, 0.2) is 0 Å².